The van der Waals surface area contributed by atoms with Crippen molar-refractivity contribution in [3.63, 3.8) is 0 Å². The van der Waals surface area contributed by atoms with Gasteiger partial charge < -0.3 is 9.32 Å². The normalized spacial score (nSPS) is 24.4. The molecule has 0 N–H and O–H groups in total. The Labute approximate surface area is 199 Å². The van der Waals surface area contributed by atoms with Crippen LogP contribution in [-0.4, -0.2) is 34.6 Å². The summed E-state index contributed by atoms with van der Waals surface area (Å²) in [6.45, 7) is 1.68. The second-order valence-electron chi connectivity index (χ2n) is 8.89. The molecule has 174 valence electrons. The predicted molar refractivity (Wildman–Crippen MR) is 126 cm³/mol. The summed E-state index contributed by atoms with van der Waals surface area (Å²) in [5.74, 6) is -3.11. The molecule has 9 heteroatoms. The van der Waals surface area contributed by atoms with E-state index in [0.717, 1.165) is 16.2 Å². The summed E-state index contributed by atoms with van der Waals surface area (Å²) in [4.78, 5) is 55.0. The Bertz CT molecular complexity index is 1440. The molecule has 0 aliphatic carbocycles. The van der Waals surface area contributed by atoms with Crippen molar-refractivity contribution in [1.29, 1.82) is 0 Å². The summed E-state index contributed by atoms with van der Waals surface area (Å²) in [5, 5.41) is 11.4. The van der Waals surface area contributed by atoms with E-state index < -0.39 is 46.4 Å². The molecule has 9 nitrogen and oxygen atoms in total. The molecule has 0 saturated carbocycles. The minimum Gasteiger partial charge on any atom is -0.461 e. The topological polar surface area (TPSA) is 114 Å². The van der Waals surface area contributed by atoms with Gasteiger partial charge in [0.15, 0.2) is 5.76 Å². The Morgan fingerprint density at radius 3 is 2.51 bits per heavy atom. The lowest BCUT2D eigenvalue weighted by Crippen LogP contribution is -2.48. The van der Waals surface area contributed by atoms with Crippen molar-refractivity contribution >= 4 is 40.7 Å². The number of hydrogen-bond acceptors (Lipinski definition) is 7. The van der Waals surface area contributed by atoms with Crippen molar-refractivity contribution in [1.82, 2.24) is 0 Å². The van der Waals surface area contributed by atoms with Crippen LogP contribution in [-0.2, 0) is 9.59 Å². The first-order chi connectivity index (χ1) is 16.9. The number of nitro benzene ring substituents is 1. The summed E-state index contributed by atoms with van der Waals surface area (Å²) in [5.41, 5.74) is 2.14. The van der Waals surface area contributed by atoms with Crippen molar-refractivity contribution in [3.05, 3.63) is 93.9 Å². The van der Waals surface area contributed by atoms with E-state index in [1.807, 2.05) is 41.3 Å². The van der Waals surface area contributed by atoms with Crippen LogP contribution in [0.5, 0.6) is 0 Å². The van der Waals surface area contributed by atoms with Crippen molar-refractivity contribution in [2.75, 3.05) is 9.80 Å². The minimum atomic E-state index is -0.973. The maximum Gasteiger partial charge on any atom is 0.271 e. The molecule has 3 aromatic rings. The second kappa shape index (κ2) is 7.49. The lowest BCUT2D eigenvalue weighted by molar-refractivity contribution is -0.384. The molecule has 0 radical (unpaired) electrons. The number of imide groups is 1. The highest BCUT2D eigenvalue weighted by Gasteiger charge is 2.64. The highest BCUT2D eigenvalue weighted by atomic mass is 16.6. The summed E-state index contributed by atoms with van der Waals surface area (Å²) in [7, 11) is 0. The van der Waals surface area contributed by atoms with Crippen LogP contribution in [0.3, 0.4) is 0 Å². The Morgan fingerprint density at radius 2 is 1.77 bits per heavy atom. The van der Waals surface area contributed by atoms with Crippen LogP contribution in [0.15, 0.2) is 71.4 Å². The van der Waals surface area contributed by atoms with Gasteiger partial charge in [0.1, 0.15) is 6.04 Å². The number of aryl methyl sites for hydroxylation is 1. The quantitative estimate of drug-likeness (QED) is 0.247. The molecule has 0 unspecified atom stereocenters. The van der Waals surface area contributed by atoms with Gasteiger partial charge in [0.25, 0.3) is 5.69 Å². The van der Waals surface area contributed by atoms with E-state index in [-0.39, 0.29) is 17.1 Å². The molecular formula is C26H19N3O6. The van der Waals surface area contributed by atoms with Gasteiger partial charge in [-0.1, -0.05) is 36.4 Å². The molecule has 3 aliphatic rings. The number of nitro groups is 1. The summed E-state index contributed by atoms with van der Waals surface area (Å²) >= 11 is 0. The average Bonchev–Trinajstić information content (AvgIpc) is 3.56. The van der Waals surface area contributed by atoms with E-state index >= 15 is 0 Å². The lowest BCUT2D eigenvalue weighted by Gasteiger charge is -2.36. The first-order valence-corrected chi connectivity index (χ1v) is 11.1. The summed E-state index contributed by atoms with van der Waals surface area (Å²) in [6, 6.07) is 13.2. The van der Waals surface area contributed by atoms with E-state index in [1.165, 1.54) is 24.5 Å². The Morgan fingerprint density at radius 1 is 1.00 bits per heavy atom. The Hall–Kier alpha value is -4.53. The third-order valence-corrected chi connectivity index (χ3v) is 7.09. The van der Waals surface area contributed by atoms with Crippen molar-refractivity contribution in [2.24, 2.45) is 11.8 Å². The fourth-order valence-electron chi connectivity index (χ4n) is 5.57. The molecule has 35 heavy (non-hydrogen) atoms. The first-order valence-electron chi connectivity index (χ1n) is 11.1. The van der Waals surface area contributed by atoms with E-state index in [9.17, 15) is 24.5 Å². The van der Waals surface area contributed by atoms with Crippen molar-refractivity contribution in [2.45, 2.75) is 19.0 Å². The highest BCUT2D eigenvalue weighted by Crippen LogP contribution is 2.50. The maximum atomic E-state index is 13.9. The van der Waals surface area contributed by atoms with Crippen LogP contribution in [0.2, 0.25) is 0 Å². The number of carbonyl (C=O) groups excluding carboxylic acids is 3. The lowest BCUT2D eigenvalue weighted by atomic mass is 9.87. The molecule has 1 aromatic heterocycles. The number of hydrogen-bond donors (Lipinski definition) is 0. The van der Waals surface area contributed by atoms with Crippen LogP contribution in [0.1, 0.15) is 21.7 Å². The molecule has 2 amide bonds. The van der Waals surface area contributed by atoms with Gasteiger partial charge in [0.2, 0.25) is 17.6 Å². The number of Topliss-reactive ketones (excluding diaryl/α,β-unsaturated/α-hetero) is 1. The van der Waals surface area contributed by atoms with Crippen molar-refractivity contribution in [3.8, 4) is 0 Å². The second-order valence-corrected chi connectivity index (χ2v) is 8.89. The number of non-ortho nitro benzene ring substituents is 1. The first kappa shape index (κ1) is 21.0. The zero-order valence-electron chi connectivity index (χ0n) is 18.5. The van der Waals surface area contributed by atoms with Crippen LogP contribution in [0, 0.1) is 28.9 Å². The molecule has 0 bridgehead atoms. The standard InChI is InChI=1S/C26H19N3O6/c1-14-8-10-16(29(33)34)13-19(14)28-25(31)21-18-11-9-15-5-2-3-6-17(15)27(18)23(22(21)26(28)32)24(30)20-7-4-12-35-20/h2-13,18,21-23H,1H3/t18-,21-,22-,23-/m0/s1. The smallest absolute Gasteiger partial charge is 0.271 e. The largest absolute Gasteiger partial charge is 0.461 e. The third kappa shape index (κ3) is 2.91. The van der Waals surface area contributed by atoms with Gasteiger partial charge in [-0.15, -0.1) is 0 Å². The summed E-state index contributed by atoms with van der Waals surface area (Å²) < 4.78 is 5.38. The number of nitrogens with zero attached hydrogens (tertiary/aromatic N) is 3. The zero-order chi connectivity index (χ0) is 24.4. The van der Waals surface area contributed by atoms with E-state index in [2.05, 4.69) is 0 Å². The van der Waals surface area contributed by atoms with Gasteiger partial charge in [-0.3, -0.25) is 24.5 Å². The molecular weight excluding hydrogens is 450 g/mol. The van der Waals surface area contributed by atoms with Crippen LogP contribution in [0.25, 0.3) is 6.08 Å². The number of benzene rings is 2. The number of furan rings is 1. The van der Waals surface area contributed by atoms with E-state index in [1.54, 1.807) is 19.1 Å². The molecule has 6 rings (SSSR count). The van der Waals surface area contributed by atoms with Crippen LogP contribution < -0.4 is 9.80 Å². The van der Waals surface area contributed by atoms with Crippen LogP contribution >= 0.6 is 0 Å². The fraction of sp³-hybridized carbons (Fsp3) is 0.192. The van der Waals surface area contributed by atoms with Gasteiger partial charge in [-0.2, -0.15) is 0 Å². The zero-order valence-corrected chi connectivity index (χ0v) is 18.5. The Balaban J connectivity index is 1.50. The molecule has 2 saturated heterocycles. The van der Waals surface area contributed by atoms with E-state index in [0.29, 0.717) is 5.56 Å². The molecule has 3 aliphatic heterocycles. The molecule has 0 spiro atoms. The van der Waals surface area contributed by atoms with Gasteiger partial charge in [-0.25, -0.2) is 4.90 Å². The highest BCUT2D eigenvalue weighted by molar-refractivity contribution is 6.25. The van der Waals surface area contributed by atoms with Crippen molar-refractivity contribution < 1.29 is 23.7 Å². The number of rotatable bonds is 4. The number of anilines is 2. The fourth-order valence-corrected chi connectivity index (χ4v) is 5.57. The molecule has 2 fully saturated rings. The van der Waals surface area contributed by atoms with Gasteiger partial charge in [0, 0.05) is 17.8 Å². The Kier molecular flexibility index (Phi) is 4.50. The van der Waals surface area contributed by atoms with Gasteiger partial charge in [0.05, 0.1) is 34.8 Å². The molecule has 2 aromatic carbocycles. The monoisotopic (exact) mass is 469 g/mol. The van der Waals surface area contributed by atoms with Gasteiger partial charge in [-0.05, 0) is 36.2 Å². The SMILES string of the molecule is Cc1ccc([N+](=O)[O-])cc1N1C(=O)[C@@H]2[C@H](C1=O)[C@@H](C(=O)c1ccco1)N1c3ccccc3C=C[C@@H]21. The summed E-state index contributed by atoms with van der Waals surface area (Å²) in [6.07, 6.45) is 5.14. The number of carbonyl (C=O) groups is 3. The maximum absolute atomic E-state index is 13.9. The number of ketones is 1. The minimum absolute atomic E-state index is 0.103. The number of fused-ring (bicyclic) bond motifs is 5. The van der Waals surface area contributed by atoms with E-state index in [4.69, 9.17) is 4.42 Å². The van der Waals surface area contributed by atoms with Crippen LogP contribution in [0.4, 0.5) is 17.1 Å². The number of amides is 2. The van der Waals surface area contributed by atoms with Gasteiger partial charge >= 0.3 is 0 Å². The third-order valence-electron chi connectivity index (χ3n) is 7.09. The average molecular weight is 469 g/mol. The predicted octanol–water partition coefficient (Wildman–Crippen LogP) is 3.77. The number of para-hydroxylation sites is 1. The molecule has 4 heterocycles. The molecule has 4 atom stereocenters.